The zero-order valence-electron chi connectivity index (χ0n) is 16.0. The molecule has 1 aromatic heterocycles. The fraction of sp³-hybridized carbons (Fsp3) is 0.136. The van der Waals surface area contributed by atoms with Gasteiger partial charge in [-0.2, -0.15) is 0 Å². The Morgan fingerprint density at radius 2 is 1.77 bits per heavy atom. The molecule has 8 nitrogen and oxygen atoms in total. The van der Waals surface area contributed by atoms with Crippen molar-refractivity contribution in [2.75, 3.05) is 11.4 Å². The molecule has 5 rings (SSSR count). The van der Waals surface area contributed by atoms with Gasteiger partial charge in [-0.15, -0.1) is 5.10 Å². The molecule has 0 radical (unpaired) electrons. The summed E-state index contributed by atoms with van der Waals surface area (Å²) in [7, 11) is 0. The molecule has 1 aliphatic rings. The summed E-state index contributed by atoms with van der Waals surface area (Å²) in [5.74, 6) is 0.516. The van der Waals surface area contributed by atoms with Crippen molar-refractivity contribution in [1.29, 1.82) is 0 Å². The third-order valence-corrected chi connectivity index (χ3v) is 5.41. The maximum Gasteiger partial charge on any atom is 0.293 e. The molecule has 0 unspecified atom stereocenters. The number of nitro groups is 1. The van der Waals surface area contributed by atoms with Crippen LogP contribution in [0.1, 0.15) is 12.0 Å². The molecular formula is C22H18N6O2. The Hall–Kier alpha value is -4.07. The van der Waals surface area contributed by atoms with Crippen molar-refractivity contribution in [3.63, 3.8) is 0 Å². The van der Waals surface area contributed by atoms with Crippen LogP contribution >= 0.6 is 0 Å². The van der Waals surface area contributed by atoms with Gasteiger partial charge in [0.15, 0.2) is 5.82 Å². The smallest absolute Gasteiger partial charge is 0.293 e. The Balaban J connectivity index is 1.63. The van der Waals surface area contributed by atoms with Gasteiger partial charge in [0, 0.05) is 23.9 Å². The highest BCUT2D eigenvalue weighted by Gasteiger charge is 2.25. The topological polar surface area (TPSA) is 101 Å². The van der Waals surface area contributed by atoms with Gasteiger partial charge in [-0.25, -0.2) is 5.10 Å². The fourth-order valence-corrected chi connectivity index (χ4v) is 4.06. The van der Waals surface area contributed by atoms with Crippen LogP contribution in [0.5, 0.6) is 0 Å². The Bertz CT molecular complexity index is 1220. The summed E-state index contributed by atoms with van der Waals surface area (Å²) < 4.78 is 0. The minimum atomic E-state index is -0.311. The molecule has 3 aromatic carbocycles. The first kappa shape index (κ1) is 18.0. The fourth-order valence-electron chi connectivity index (χ4n) is 4.06. The number of fused-ring (bicyclic) bond motifs is 1. The van der Waals surface area contributed by atoms with Gasteiger partial charge in [0.25, 0.3) is 5.69 Å². The van der Waals surface area contributed by atoms with Gasteiger partial charge in [0.05, 0.1) is 4.92 Å². The lowest BCUT2D eigenvalue weighted by Gasteiger charge is -2.31. The van der Waals surface area contributed by atoms with E-state index in [1.54, 1.807) is 6.07 Å². The van der Waals surface area contributed by atoms with Crippen molar-refractivity contribution in [3.8, 4) is 22.5 Å². The zero-order valence-corrected chi connectivity index (χ0v) is 16.0. The number of aryl methyl sites for hydroxylation is 1. The van der Waals surface area contributed by atoms with Gasteiger partial charge in [0.2, 0.25) is 0 Å². The van der Waals surface area contributed by atoms with E-state index in [9.17, 15) is 10.1 Å². The summed E-state index contributed by atoms with van der Waals surface area (Å²) in [6, 6.07) is 21.1. The lowest BCUT2D eigenvalue weighted by molar-refractivity contribution is -0.384. The van der Waals surface area contributed by atoms with Crippen molar-refractivity contribution in [2.24, 2.45) is 0 Å². The van der Waals surface area contributed by atoms with Crippen molar-refractivity contribution in [3.05, 3.63) is 82.4 Å². The Kier molecular flexibility index (Phi) is 4.44. The van der Waals surface area contributed by atoms with Crippen LogP contribution in [0.3, 0.4) is 0 Å². The number of aromatic nitrogens is 4. The second-order valence-corrected chi connectivity index (χ2v) is 7.14. The summed E-state index contributed by atoms with van der Waals surface area (Å²) in [4.78, 5) is 13.8. The highest BCUT2D eigenvalue weighted by molar-refractivity contribution is 5.85. The van der Waals surface area contributed by atoms with Crippen LogP contribution in [-0.2, 0) is 6.42 Å². The Morgan fingerprint density at radius 3 is 2.57 bits per heavy atom. The number of H-pyrrole nitrogens is 1. The summed E-state index contributed by atoms with van der Waals surface area (Å²) in [6.45, 7) is 0.748. The molecule has 2 heterocycles. The molecule has 1 aliphatic heterocycles. The van der Waals surface area contributed by atoms with Crippen LogP contribution in [0, 0.1) is 10.1 Å². The van der Waals surface area contributed by atoms with Crippen molar-refractivity contribution in [2.45, 2.75) is 12.8 Å². The number of nitro benzene ring substituents is 1. The normalized spacial score (nSPS) is 13.1. The third kappa shape index (κ3) is 3.08. The molecule has 1 N–H and O–H groups in total. The number of tetrazole rings is 1. The van der Waals surface area contributed by atoms with Gasteiger partial charge in [-0.3, -0.25) is 10.1 Å². The molecule has 4 aromatic rings. The molecular weight excluding hydrogens is 380 g/mol. The van der Waals surface area contributed by atoms with Gasteiger partial charge in [-0.1, -0.05) is 48.5 Å². The quantitative estimate of drug-likeness (QED) is 0.400. The number of benzene rings is 3. The number of aromatic amines is 1. The van der Waals surface area contributed by atoms with E-state index in [1.165, 1.54) is 5.56 Å². The number of anilines is 2. The first-order valence-corrected chi connectivity index (χ1v) is 9.70. The lowest BCUT2D eigenvalue weighted by atomic mass is 9.97. The molecule has 0 bridgehead atoms. The van der Waals surface area contributed by atoms with Crippen LogP contribution in [0.25, 0.3) is 22.5 Å². The molecule has 0 fully saturated rings. The van der Waals surface area contributed by atoms with Crippen molar-refractivity contribution >= 4 is 17.1 Å². The molecule has 0 amide bonds. The van der Waals surface area contributed by atoms with Crippen LogP contribution in [-0.4, -0.2) is 32.1 Å². The van der Waals surface area contributed by atoms with Crippen molar-refractivity contribution in [1.82, 2.24) is 20.6 Å². The highest BCUT2D eigenvalue weighted by Crippen LogP contribution is 2.41. The van der Waals surface area contributed by atoms with E-state index < -0.39 is 0 Å². The highest BCUT2D eigenvalue weighted by atomic mass is 16.6. The number of rotatable bonds is 4. The van der Waals surface area contributed by atoms with E-state index in [2.05, 4.69) is 26.7 Å². The zero-order chi connectivity index (χ0) is 20.5. The SMILES string of the molecule is O=[N+]([O-])c1cc(-c2ccccc2-c2nnn[nH]2)ccc1N1CCCc2ccccc21. The first-order chi connectivity index (χ1) is 14.7. The Labute approximate surface area is 172 Å². The minimum Gasteiger partial charge on any atom is -0.336 e. The number of nitrogens with one attached hydrogen (secondary N) is 1. The molecule has 0 saturated heterocycles. The standard InChI is InChI=1S/C22H18N6O2/c29-28(30)21-14-16(17-8-2-3-9-18(17)22-23-25-26-24-22)11-12-20(21)27-13-5-7-15-6-1-4-10-19(15)27/h1-4,6,8-12,14H,5,7,13H2,(H,23,24,25,26). The predicted octanol–water partition coefficient (Wildman–Crippen LogP) is 4.53. The van der Waals surface area contributed by atoms with E-state index >= 15 is 0 Å². The summed E-state index contributed by atoms with van der Waals surface area (Å²) in [6.07, 6.45) is 1.94. The van der Waals surface area contributed by atoms with Gasteiger partial charge >= 0.3 is 0 Å². The monoisotopic (exact) mass is 398 g/mol. The number of hydrogen-bond donors (Lipinski definition) is 1. The molecule has 30 heavy (non-hydrogen) atoms. The molecule has 0 aliphatic carbocycles. The van der Waals surface area contributed by atoms with Crippen LogP contribution in [0.15, 0.2) is 66.7 Å². The second-order valence-electron chi connectivity index (χ2n) is 7.14. The maximum absolute atomic E-state index is 12.0. The number of para-hydroxylation sites is 1. The summed E-state index contributed by atoms with van der Waals surface area (Å²) >= 11 is 0. The molecule has 148 valence electrons. The average molecular weight is 398 g/mol. The summed E-state index contributed by atoms with van der Waals surface area (Å²) in [5.41, 5.74) is 5.28. The third-order valence-electron chi connectivity index (χ3n) is 5.41. The van der Waals surface area contributed by atoms with Crippen LogP contribution in [0.4, 0.5) is 17.1 Å². The van der Waals surface area contributed by atoms with E-state index in [1.807, 2.05) is 59.5 Å². The lowest BCUT2D eigenvalue weighted by Crippen LogP contribution is -2.25. The predicted molar refractivity (Wildman–Crippen MR) is 113 cm³/mol. The van der Waals surface area contributed by atoms with E-state index in [0.717, 1.165) is 41.8 Å². The average Bonchev–Trinajstić information content (AvgIpc) is 3.33. The minimum absolute atomic E-state index is 0.0784. The molecule has 8 heteroatoms. The number of nitrogens with zero attached hydrogens (tertiary/aromatic N) is 5. The largest absolute Gasteiger partial charge is 0.336 e. The molecule has 0 saturated carbocycles. The first-order valence-electron chi connectivity index (χ1n) is 9.70. The van der Waals surface area contributed by atoms with Crippen molar-refractivity contribution < 1.29 is 4.92 Å². The second kappa shape index (κ2) is 7.40. The number of hydrogen-bond acceptors (Lipinski definition) is 6. The Morgan fingerprint density at radius 1 is 0.967 bits per heavy atom. The summed E-state index contributed by atoms with van der Waals surface area (Å²) in [5, 5.41) is 26.0. The van der Waals surface area contributed by atoms with Gasteiger partial charge < -0.3 is 4.90 Å². The van der Waals surface area contributed by atoms with Gasteiger partial charge in [0.1, 0.15) is 5.69 Å². The van der Waals surface area contributed by atoms with E-state index in [0.29, 0.717) is 11.5 Å². The van der Waals surface area contributed by atoms with Crippen LogP contribution < -0.4 is 4.90 Å². The maximum atomic E-state index is 12.0. The molecule has 0 spiro atoms. The van der Waals surface area contributed by atoms with Crippen LogP contribution in [0.2, 0.25) is 0 Å². The molecule has 0 atom stereocenters. The van der Waals surface area contributed by atoms with E-state index in [-0.39, 0.29) is 10.6 Å². The van der Waals surface area contributed by atoms with E-state index in [4.69, 9.17) is 0 Å². The van der Waals surface area contributed by atoms with Gasteiger partial charge in [-0.05, 0) is 52.1 Å².